The monoisotopic (exact) mass is 541 g/mol. The van der Waals surface area contributed by atoms with Crippen molar-refractivity contribution < 1.29 is 22.7 Å². The van der Waals surface area contributed by atoms with Gasteiger partial charge < -0.3 is 9.64 Å². The number of hydrogen-bond donors (Lipinski definition) is 0. The molecular weight excluding hydrogens is 514 g/mol. The number of esters is 1. The Kier molecular flexibility index (Phi) is 8.45. The third-order valence-electron chi connectivity index (χ3n) is 6.23. The molecule has 1 saturated heterocycles. The number of sulfonamides is 1. The third-order valence-corrected chi connectivity index (χ3v) is 8.27. The second-order valence-corrected chi connectivity index (χ2v) is 11.0. The van der Waals surface area contributed by atoms with Crippen molar-refractivity contribution in [2.75, 3.05) is 24.0 Å². The van der Waals surface area contributed by atoms with Crippen LogP contribution in [-0.4, -0.2) is 49.9 Å². The first-order chi connectivity index (χ1) is 17.8. The maximum Gasteiger partial charge on any atom is 0.309 e. The SMILES string of the molecule is CCOC(=O)C1CCN(C(=O)c2ccc(N(Cc3ccc(Cl)cc3)S(=O)(=O)c3ccccc3)cn2)CC1. The minimum absolute atomic E-state index is 0.0603. The summed E-state index contributed by atoms with van der Waals surface area (Å²) in [5, 5.41) is 0.553. The highest BCUT2D eigenvalue weighted by Crippen LogP contribution is 2.27. The number of pyridine rings is 1. The van der Waals surface area contributed by atoms with Crippen molar-refractivity contribution in [3.63, 3.8) is 0 Å². The Hall–Kier alpha value is -3.43. The van der Waals surface area contributed by atoms with E-state index in [1.54, 1.807) is 60.4 Å². The molecule has 0 aliphatic carbocycles. The number of anilines is 1. The Morgan fingerprint density at radius 1 is 1.03 bits per heavy atom. The second-order valence-electron chi connectivity index (χ2n) is 8.67. The summed E-state index contributed by atoms with van der Waals surface area (Å²) in [6.07, 6.45) is 2.47. The zero-order valence-electron chi connectivity index (χ0n) is 20.4. The van der Waals surface area contributed by atoms with Gasteiger partial charge in [0, 0.05) is 18.1 Å². The molecule has 1 fully saturated rings. The van der Waals surface area contributed by atoms with E-state index in [0.29, 0.717) is 43.2 Å². The van der Waals surface area contributed by atoms with Crippen molar-refractivity contribution in [1.29, 1.82) is 0 Å². The van der Waals surface area contributed by atoms with Crippen LogP contribution in [0.3, 0.4) is 0 Å². The standard InChI is InChI=1S/C27H28ClN3O5S/c1-2-36-27(33)21-14-16-30(17-15-21)26(32)25-13-12-23(18-29-25)31(19-20-8-10-22(28)11-9-20)37(34,35)24-6-4-3-5-7-24/h3-13,18,21H,2,14-17,19H2,1H3. The number of hydrogen-bond acceptors (Lipinski definition) is 6. The number of carbonyl (C=O) groups is 2. The van der Waals surface area contributed by atoms with Gasteiger partial charge in [0.05, 0.1) is 35.8 Å². The van der Waals surface area contributed by atoms with Gasteiger partial charge in [0.1, 0.15) is 5.69 Å². The quantitative estimate of drug-likeness (QED) is 0.388. The Balaban J connectivity index is 1.54. The van der Waals surface area contributed by atoms with E-state index >= 15 is 0 Å². The zero-order valence-corrected chi connectivity index (χ0v) is 22.0. The van der Waals surface area contributed by atoms with Gasteiger partial charge >= 0.3 is 5.97 Å². The number of likely N-dealkylation sites (tertiary alicyclic amines) is 1. The summed E-state index contributed by atoms with van der Waals surface area (Å²) in [7, 11) is -3.91. The lowest BCUT2D eigenvalue weighted by Crippen LogP contribution is -2.41. The molecule has 10 heteroatoms. The Morgan fingerprint density at radius 2 is 1.70 bits per heavy atom. The largest absolute Gasteiger partial charge is 0.466 e. The molecule has 0 atom stereocenters. The summed E-state index contributed by atoms with van der Waals surface area (Å²) in [4.78, 5) is 31.1. The lowest BCUT2D eigenvalue weighted by molar-refractivity contribution is -0.149. The number of nitrogens with zero attached hydrogens (tertiary/aromatic N) is 3. The number of piperidine rings is 1. The van der Waals surface area contributed by atoms with Gasteiger partial charge in [0.25, 0.3) is 15.9 Å². The molecule has 1 aromatic heterocycles. The van der Waals surface area contributed by atoms with Crippen LogP contribution in [0.5, 0.6) is 0 Å². The summed E-state index contributed by atoms with van der Waals surface area (Å²) in [5.41, 5.74) is 1.28. The van der Waals surface area contributed by atoms with Crippen LogP contribution < -0.4 is 4.31 Å². The van der Waals surface area contributed by atoms with Crippen LogP contribution in [0.1, 0.15) is 35.8 Å². The number of aromatic nitrogens is 1. The molecule has 1 aliphatic heterocycles. The van der Waals surface area contributed by atoms with Gasteiger partial charge in [-0.2, -0.15) is 0 Å². The molecule has 4 rings (SSSR count). The highest BCUT2D eigenvalue weighted by atomic mass is 35.5. The number of halogens is 1. The number of rotatable bonds is 8. The predicted octanol–water partition coefficient (Wildman–Crippen LogP) is 4.55. The van der Waals surface area contributed by atoms with Gasteiger partial charge in [-0.3, -0.25) is 13.9 Å². The van der Waals surface area contributed by atoms with Crippen molar-refractivity contribution in [2.45, 2.75) is 31.2 Å². The van der Waals surface area contributed by atoms with Crippen LogP contribution in [0, 0.1) is 5.92 Å². The fourth-order valence-corrected chi connectivity index (χ4v) is 5.78. The van der Waals surface area contributed by atoms with E-state index in [-0.39, 0.29) is 34.9 Å². The molecule has 3 aromatic rings. The first-order valence-electron chi connectivity index (χ1n) is 12.0. The lowest BCUT2D eigenvalue weighted by atomic mass is 9.97. The average molecular weight is 542 g/mol. The minimum atomic E-state index is -3.91. The van der Waals surface area contributed by atoms with Gasteiger partial charge in [-0.1, -0.05) is 41.9 Å². The molecule has 0 N–H and O–H groups in total. The molecule has 0 saturated carbocycles. The molecule has 2 aromatic carbocycles. The summed E-state index contributed by atoms with van der Waals surface area (Å²) >= 11 is 6.00. The fraction of sp³-hybridized carbons (Fsp3) is 0.296. The molecular formula is C27H28ClN3O5S. The zero-order chi connectivity index (χ0) is 26.4. The van der Waals surface area contributed by atoms with E-state index in [1.165, 1.54) is 28.7 Å². The molecule has 0 radical (unpaired) electrons. The third kappa shape index (κ3) is 6.29. The minimum Gasteiger partial charge on any atom is -0.466 e. The summed E-state index contributed by atoms with van der Waals surface area (Å²) in [5.74, 6) is -0.689. The Bertz CT molecular complexity index is 1320. The van der Waals surface area contributed by atoms with E-state index in [1.807, 2.05) is 0 Å². The fourth-order valence-electron chi connectivity index (χ4n) is 4.19. The first kappa shape index (κ1) is 26.6. The molecule has 1 aliphatic rings. The highest BCUT2D eigenvalue weighted by molar-refractivity contribution is 7.92. The van der Waals surface area contributed by atoms with E-state index in [4.69, 9.17) is 16.3 Å². The normalized spacial score (nSPS) is 14.3. The maximum absolute atomic E-state index is 13.6. The van der Waals surface area contributed by atoms with Crippen molar-refractivity contribution in [2.24, 2.45) is 5.92 Å². The lowest BCUT2D eigenvalue weighted by Gasteiger charge is -2.30. The molecule has 2 heterocycles. The molecule has 1 amide bonds. The number of benzene rings is 2. The van der Waals surface area contributed by atoms with Gasteiger partial charge in [-0.25, -0.2) is 13.4 Å². The van der Waals surface area contributed by atoms with Gasteiger partial charge in [0.2, 0.25) is 0 Å². The van der Waals surface area contributed by atoms with Gasteiger partial charge in [-0.05, 0) is 61.7 Å². The maximum atomic E-state index is 13.6. The molecule has 0 bridgehead atoms. The highest BCUT2D eigenvalue weighted by Gasteiger charge is 2.30. The number of carbonyl (C=O) groups excluding carboxylic acids is 2. The molecule has 0 spiro atoms. The summed E-state index contributed by atoms with van der Waals surface area (Å²) in [6.45, 7) is 3.02. The molecule has 8 nitrogen and oxygen atoms in total. The molecule has 0 unspecified atom stereocenters. The van der Waals surface area contributed by atoms with Crippen LogP contribution in [0.25, 0.3) is 0 Å². The van der Waals surface area contributed by atoms with E-state index in [0.717, 1.165) is 5.56 Å². The van der Waals surface area contributed by atoms with Crippen molar-refractivity contribution in [3.8, 4) is 0 Å². The van der Waals surface area contributed by atoms with Crippen LogP contribution in [0.4, 0.5) is 5.69 Å². The van der Waals surface area contributed by atoms with Crippen molar-refractivity contribution in [3.05, 3.63) is 89.2 Å². The molecule has 37 heavy (non-hydrogen) atoms. The van der Waals surface area contributed by atoms with Crippen molar-refractivity contribution in [1.82, 2.24) is 9.88 Å². The van der Waals surface area contributed by atoms with Gasteiger partial charge in [-0.15, -0.1) is 0 Å². The Labute approximate surface area is 221 Å². The second kappa shape index (κ2) is 11.7. The van der Waals surface area contributed by atoms with Crippen LogP contribution in [0.15, 0.2) is 77.8 Å². The van der Waals surface area contributed by atoms with Crippen LogP contribution in [-0.2, 0) is 26.1 Å². The summed E-state index contributed by atoms with van der Waals surface area (Å²) < 4.78 is 33.5. The van der Waals surface area contributed by atoms with Gasteiger partial charge in [0.15, 0.2) is 0 Å². The topological polar surface area (TPSA) is 96.9 Å². The average Bonchev–Trinajstić information content (AvgIpc) is 2.93. The summed E-state index contributed by atoms with van der Waals surface area (Å²) in [6, 6.07) is 18.2. The predicted molar refractivity (Wildman–Crippen MR) is 141 cm³/mol. The van der Waals surface area contributed by atoms with E-state index in [2.05, 4.69) is 4.98 Å². The Morgan fingerprint density at radius 3 is 2.30 bits per heavy atom. The van der Waals surface area contributed by atoms with E-state index < -0.39 is 10.0 Å². The van der Waals surface area contributed by atoms with E-state index in [9.17, 15) is 18.0 Å². The molecule has 194 valence electrons. The smallest absolute Gasteiger partial charge is 0.309 e. The van der Waals surface area contributed by atoms with Crippen LogP contribution >= 0.6 is 11.6 Å². The van der Waals surface area contributed by atoms with Crippen LogP contribution in [0.2, 0.25) is 5.02 Å². The van der Waals surface area contributed by atoms with Crippen molar-refractivity contribution >= 4 is 39.2 Å². The first-order valence-corrected chi connectivity index (χ1v) is 13.9. The number of ether oxygens (including phenoxy) is 1. The number of amides is 1.